The second-order valence-electron chi connectivity index (χ2n) is 5.72. The first-order valence-electron chi connectivity index (χ1n) is 7.74. The van der Waals surface area contributed by atoms with Crippen molar-refractivity contribution >= 4 is 10.0 Å². The number of nitrogens with zero attached hydrogens (tertiary/aromatic N) is 5. The van der Waals surface area contributed by atoms with E-state index in [2.05, 4.69) is 15.1 Å². The topological polar surface area (TPSA) is 122 Å². The van der Waals surface area contributed by atoms with Crippen molar-refractivity contribution in [3.8, 4) is 11.9 Å². The SMILES string of the molecule is Cc1noc(C)c1S(=O)(=O)N1CCC[C@H](Oc2nccnc2C#N)C1. The molecule has 3 heterocycles. The van der Waals surface area contributed by atoms with Gasteiger partial charge in [0, 0.05) is 18.9 Å². The van der Waals surface area contributed by atoms with E-state index in [9.17, 15) is 8.42 Å². The molecule has 1 aliphatic heterocycles. The summed E-state index contributed by atoms with van der Waals surface area (Å²) in [5.41, 5.74) is 0.412. The lowest BCUT2D eigenvalue weighted by molar-refractivity contribution is 0.123. The molecule has 25 heavy (non-hydrogen) atoms. The molecular weight excluding hydrogens is 346 g/mol. The van der Waals surface area contributed by atoms with Gasteiger partial charge in [-0.15, -0.1) is 0 Å². The summed E-state index contributed by atoms with van der Waals surface area (Å²) in [6, 6.07) is 1.91. The van der Waals surface area contributed by atoms with Crippen molar-refractivity contribution in [2.24, 2.45) is 0 Å². The van der Waals surface area contributed by atoms with Crippen LogP contribution < -0.4 is 4.74 Å². The van der Waals surface area contributed by atoms with Crippen LogP contribution in [0.15, 0.2) is 21.8 Å². The molecule has 1 aliphatic rings. The number of ether oxygens (including phenoxy) is 1. The molecule has 2 aromatic rings. The maximum atomic E-state index is 12.9. The van der Waals surface area contributed by atoms with Crippen LogP contribution in [0.4, 0.5) is 0 Å². The van der Waals surface area contributed by atoms with Crippen molar-refractivity contribution in [1.82, 2.24) is 19.4 Å². The highest BCUT2D eigenvalue weighted by Gasteiger charge is 2.35. The molecule has 0 spiro atoms. The highest BCUT2D eigenvalue weighted by atomic mass is 32.2. The second kappa shape index (κ2) is 6.78. The molecule has 10 heteroatoms. The summed E-state index contributed by atoms with van der Waals surface area (Å²) in [4.78, 5) is 8.00. The van der Waals surface area contributed by atoms with Gasteiger partial charge in [-0.2, -0.15) is 9.57 Å². The van der Waals surface area contributed by atoms with Crippen LogP contribution in [0.3, 0.4) is 0 Å². The average Bonchev–Trinajstić information content (AvgIpc) is 2.95. The van der Waals surface area contributed by atoms with Crippen molar-refractivity contribution in [3.05, 3.63) is 29.5 Å². The van der Waals surface area contributed by atoms with E-state index in [0.717, 1.165) is 0 Å². The first-order valence-corrected chi connectivity index (χ1v) is 9.18. The third kappa shape index (κ3) is 3.33. The van der Waals surface area contributed by atoms with Gasteiger partial charge in [-0.3, -0.25) is 0 Å². The van der Waals surface area contributed by atoms with E-state index >= 15 is 0 Å². The van der Waals surface area contributed by atoms with Crippen molar-refractivity contribution in [3.63, 3.8) is 0 Å². The average molecular weight is 363 g/mol. The van der Waals surface area contributed by atoms with E-state index in [0.29, 0.717) is 25.1 Å². The Morgan fingerprint density at radius 3 is 2.80 bits per heavy atom. The molecule has 1 atom stereocenters. The number of rotatable bonds is 4. The lowest BCUT2D eigenvalue weighted by Crippen LogP contribution is -2.44. The van der Waals surface area contributed by atoms with Crippen LogP contribution in [0.1, 0.15) is 30.0 Å². The van der Waals surface area contributed by atoms with Crippen LogP contribution in [0.2, 0.25) is 0 Å². The van der Waals surface area contributed by atoms with Gasteiger partial charge >= 0.3 is 0 Å². The highest BCUT2D eigenvalue weighted by Crippen LogP contribution is 2.27. The second-order valence-corrected chi connectivity index (χ2v) is 7.60. The summed E-state index contributed by atoms with van der Waals surface area (Å²) in [6.07, 6.45) is 3.72. The zero-order valence-electron chi connectivity index (χ0n) is 13.8. The fraction of sp³-hybridized carbons (Fsp3) is 0.467. The molecule has 0 aromatic carbocycles. The molecule has 2 aromatic heterocycles. The van der Waals surface area contributed by atoms with E-state index < -0.39 is 16.1 Å². The Balaban J connectivity index is 1.81. The van der Waals surface area contributed by atoms with Crippen LogP contribution in [-0.4, -0.2) is 47.0 Å². The molecule has 1 fully saturated rings. The van der Waals surface area contributed by atoms with Crippen LogP contribution in [0, 0.1) is 25.2 Å². The van der Waals surface area contributed by atoms with Crippen LogP contribution in [0.25, 0.3) is 0 Å². The maximum Gasteiger partial charge on any atom is 0.251 e. The first kappa shape index (κ1) is 17.3. The number of hydrogen-bond acceptors (Lipinski definition) is 8. The third-order valence-electron chi connectivity index (χ3n) is 3.96. The Morgan fingerprint density at radius 1 is 1.36 bits per heavy atom. The van der Waals surface area contributed by atoms with Crippen LogP contribution >= 0.6 is 0 Å². The van der Waals surface area contributed by atoms with Crippen LogP contribution in [-0.2, 0) is 10.0 Å². The van der Waals surface area contributed by atoms with Crippen LogP contribution in [0.5, 0.6) is 5.88 Å². The molecule has 0 bridgehead atoms. The largest absolute Gasteiger partial charge is 0.471 e. The molecule has 0 amide bonds. The van der Waals surface area contributed by atoms with Gasteiger partial charge in [-0.1, -0.05) is 5.16 Å². The summed E-state index contributed by atoms with van der Waals surface area (Å²) in [5.74, 6) is 0.382. The molecule has 9 nitrogen and oxygen atoms in total. The minimum absolute atomic E-state index is 0.0770. The quantitative estimate of drug-likeness (QED) is 0.793. The number of sulfonamides is 1. The summed E-state index contributed by atoms with van der Waals surface area (Å²) in [5, 5.41) is 12.8. The number of aromatic nitrogens is 3. The number of nitriles is 1. The van der Waals surface area contributed by atoms with Gasteiger partial charge in [0.1, 0.15) is 22.8 Å². The highest BCUT2D eigenvalue weighted by molar-refractivity contribution is 7.89. The summed E-state index contributed by atoms with van der Waals surface area (Å²) < 4.78 is 37.9. The molecule has 1 saturated heterocycles. The van der Waals surface area contributed by atoms with Crippen molar-refractivity contribution in [2.75, 3.05) is 13.1 Å². The van der Waals surface area contributed by atoms with Gasteiger partial charge in [0.05, 0.1) is 6.54 Å². The standard InChI is InChI=1S/C15H17N5O4S/c1-10-14(11(2)24-19-10)25(21,22)20-7-3-4-12(9-20)23-15-13(8-16)17-5-6-18-15/h5-6,12H,3-4,7,9H2,1-2H3/t12-/m0/s1. The molecule has 132 valence electrons. The fourth-order valence-electron chi connectivity index (χ4n) is 2.84. The summed E-state index contributed by atoms with van der Waals surface area (Å²) in [7, 11) is -3.72. The third-order valence-corrected chi connectivity index (χ3v) is 6.07. The first-order chi connectivity index (χ1) is 11.9. The predicted molar refractivity (Wildman–Crippen MR) is 85.1 cm³/mol. The zero-order valence-corrected chi connectivity index (χ0v) is 14.7. The lowest BCUT2D eigenvalue weighted by atomic mass is 10.1. The molecule has 0 N–H and O–H groups in total. The maximum absolute atomic E-state index is 12.9. The van der Waals surface area contributed by atoms with Crippen molar-refractivity contribution in [1.29, 1.82) is 5.26 Å². The van der Waals surface area contributed by atoms with E-state index in [-0.39, 0.29) is 28.8 Å². The molecule has 0 radical (unpaired) electrons. The summed E-state index contributed by atoms with van der Waals surface area (Å²) in [6.45, 7) is 3.72. The molecule has 0 saturated carbocycles. The Labute approximate surface area is 145 Å². The molecular formula is C15H17N5O4S. The predicted octanol–water partition coefficient (Wildman–Crippen LogP) is 1.19. The Kier molecular flexibility index (Phi) is 4.69. The van der Waals surface area contributed by atoms with E-state index in [1.807, 2.05) is 6.07 Å². The summed E-state index contributed by atoms with van der Waals surface area (Å²) >= 11 is 0. The van der Waals surface area contributed by atoms with Gasteiger partial charge in [-0.25, -0.2) is 18.4 Å². The van der Waals surface area contributed by atoms with Gasteiger partial charge in [0.15, 0.2) is 5.76 Å². The number of hydrogen-bond donors (Lipinski definition) is 0. The Hall–Kier alpha value is -2.51. The Bertz CT molecular complexity index is 899. The van der Waals surface area contributed by atoms with Crippen molar-refractivity contribution < 1.29 is 17.7 Å². The van der Waals surface area contributed by atoms with E-state index in [1.165, 1.54) is 16.7 Å². The van der Waals surface area contributed by atoms with Gasteiger partial charge in [0.25, 0.3) is 5.88 Å². The monoisotopic (exact) mass is 363 g/mol. The van der Waals surface area contributed by atoms with E-state index in [1.54, 1.807) is 13.8 Å². The van der Waals surface area contributed by atoms with Gasteiger partial charge in [0.2, 0.25) is 15.7 Å². The van der Waals surface area contributed by atoms with Gasteiger partial charge in [-0.05, 0) is 26.7 Å². The lowest BCUT2D eigenvalue weighted by Gasteiger charge is -2.31. The smallest absolute Gasteiger partial charge is 0.251 e. The Morgan fingerprint density at radius 2 is 2.12 bits per heavy atom. The van der Waals surface area contributed by atoms with E-state index in [4.69, 9.17) is 14.5 Å². The van der Waals surface area contributed by atoms with Gasteiger partial charge < -0.3 is 9.26 Å². The molecule has 3 rings (SSSR count). The van der Waals surface area contributed by atoms with Crippen molar-refractivity contribution in [2.45, 2.75) is 37.7 Å². The minimum atomic E-state index is -3.72. The zero-order chi connectivity index (χ0) is 18.0. The number of piperidine rings is 1. The molecule has 0 aliphatic carbocycles. The molecule has 0 unspecified atom stereocenters. The fourth-order valence-corrected chi connectivity index (χ4v) is 4.64. The normalized spacial score (nSPS) is 18.7. The number of aryl methyl sites for hydroxylation is 2. The minimum Gasteiger partial charge on any atom is -0.471 e.